The van der Waals surface area contributed by atoms with E-state index in [0.717, 1.165) is 0 Å². The summed E-state index contributed by atoms with van der Waals surface area (Å²) in [5, 5.41) is 2.56. The molecular formula is C23H21FN2O5S. The minimum Gasteiger partial charge on any atom is -0.446 e. The topological polar surface area (TPSA) is 102 Å². The van der Waals surface area contributed by atoms with Gasteiger partial charge in [0.1, 0.15) is 11.9 Å². The number of esters is 1. The zero-order valence-electron chi connectivity index (χ0n) is 17.1. The summed E-state index contributed by atoms with van der Waals surface area (Å²) < 4.78 is 45.7. The maximum atomic E-state index is 13.1. The molecule has 7 nitrogen and oxygen atoms in total. The Hall–Kier alpha value is -3.56. The molecule has 0 heterocycles. The first-order valence-electron chi connectivity index (χ1n) is 9.65. The number of rotatable bonds is 8. The zero-order chi connectivity index (χ0) is 23.1. The standard InChI is InChI=1S/C23H21FN2O5S/c1-16(26-32(29,30)20-10-6-3-7-11-20)23(28)31-21(17-8-4-2-5-9-17)22(27)25-19-14-12-18(24)13-15-19/h2-16,21,26H,1H3,(H,25,27). The normalized spacial score (nSPS) is 13.1. The predicted octanol–water partition coefficient (Wildman–Crippen LogP) is 3.42. The SMILES string of the molecule is CC(NS(=O)(=O)c1ccccc1)C(=O)OC(C(=O)Nc1ccc(F)cc1)c1ccccc1. The number of carbonyl (C=O) groups excluding carboxylic acids is 2. The van der Waals surface area contributed by atoms with Crippen LogP contribution in [0.1, 0.15) is 18.6 Å². The number of benzene rings is 3. The number of hydrogen-bond donors (Lipinski definition) is 2. The lowest BCUT2D eigenvalue weighted by Crippen LogP contribution is -2.41. The Morgan fingerprint density at radius 1 is 0.875 bits per heavy atom. The van der Waals surface area contributed by atoms with Gasteiger partial charge in [0.2, 0.25) is 16.1 Å². The van der Waals surface area contributed by atoms with E-state index in [9.17, 15) is 22.4 Å². The van der Waals surface area contributed by atoms with Crippen LogP contribution in [0.4, 0.5) is 10.1 Å². The first kappa shape index (κ1) is 23.1. The Bertz CT molecular complexity index is 1170. The fraction of sp³-hybridized carbons (Fsp3) is 0.130. The Morgan fingerprint density at radius 2 is 1.44 bits per heavy atom. The van der Waals surface area contributed by atoms with Crippen LogP contribution < -0.4 is 10.0 Å². The average Bonchev–Trinajstić information content (AvgIpc) is 2.79. The number of nitrogens with one attached hydrogen (secondary N) is 2. The number of anilines is 1. The Morgan fingerprint density at radius 3 is 2.03 bits per heavy atom. The molecule has 0 radical (unpaired) electrons. The molecular weight excluding hydrogens is 435 g/mol. The minimum atomic E-state index is -3.96. The molecule has 0 aromatic heterocycles. The highest BCUT2D eigenvalue weighted by Gasteiger charge is 2.29. The zero-order valence-corrected chi connectivity index (χ0v) is 17.9. The number of amides is 1. The largest absolute Gasteiger partial charge is 0.446 e. The van der Waals surface area contributed by atoms with Gasteiger partial charge in [0.15, 0.2) is 0 Å². The van der Waals surface area contributed by atoms with Crippen molar-refractivity contribution in [3.63, 3.8) is 0 Å². The molecule has 0 saturated heterocycles. The van der Waals surface area contributed by atoms with Crippen molar-refractivity contribution in [2.75, 3.05) is 5.32 Å². The third kappa shape index (κ3) is 5.99. The maximum absolute atomic E-state index is 13.1. The summed E-state index contributed by atoms with van der Waals surface area (Å²) in [6.07, 6.45) is -1.35. The molecule has 2 atom stereocenters. The average molecular weight is 456 g/mol. The summed E-state index contributed by atoms with van der Waals surface area (Å²) in [6.45, 7) is 1.32. The molecule has 0 aliphatic carbocycles. The number of carbonyl (C=O) groups is 2. The fourth-order valence-corrected chi connectivity index (χ4v) is 4.02. The molecule has 0 spiro atoms. The Labute approximate surface area is 185 Å². The highest BCUT2D eigenvalue weighted by molar-refractivity contribution is 7.89. The third-order valence-corrected chi connectivity index (χ3v) is 5.98. The minimum absolute atomic E-state index is 0.00619. The molecule has 2 N–H and O–H groups in total. The van der Waals surface area contributed by atoms with Gasteiger partial charge in [0, 0.05) is 11.3 Å². The molecule has 0 aliphatic rings. The van der Waals surface area contributed by atoms with Crippen LogP contribution in [-0.2, 0) is 24.3 Å². The number of halogens is 1. The van der Waals surface area contributed by atoms with Crippen LogP contribution >= 0.6 is 0 Å². The third-order valence-electron chi connectivity index (χ3n) is 4.43. The molecule has 1 amide bonds. The molecule has 32 heavy (non-hydrogen) atoms. The summed E-state index contributed by atoms with van der Waals surface area (Å²) in [7, 11) is -3.96. The van der Waals surface area contributed by atoms with Gasteiger partial charge < -0.3 is 10.1 Å². The lowest BCUT2D eigenvalue weighted by molar-refractivity contribution is -0.156. The first-order valence-corrected chi connectivity index (χ1v) is 11.1. The van der Waals surface area contributed by atoms with Crippen LogP contribution in [0.25, 0.3) is 0 Å². The quantitative estimate of drug-likeness (QED) is 0.506. The van der Waals surface area contributed by atoms with Crippen molar-refractivity contribution in [2.45, 2.75) is 24.0 Å². The molecule has 166 valence electrons. The Balaban J connectivity index is 1.76. The van der Waals surface area contributed by atoms with Gasteiger partial charge in [-0.2, -0.15) is 4.72 Å². The van der Waals surface area contributed by atoms with Gasteiger partial charge in [-0.25, -0.2) is 12.8 Å². The van der Waals surface area contributed by atoms with E-state index >= 15 is 0 Å². The van der Waals surface area contributed by atoms with Crippen molar-refractivity contribution >= 4 is 27.6 Å². The molecule has 9 heteroatoms. The monoisotopic (exact) mass is 456 g/mol. The lowest BCUT2D eigenvalue weighted by Gasteiger charge is -2.21. The van der Waals surface area contributed by atoms with Crippen molar-refractivity contribution in [2.24, 2.45) is 0 Å². The summed E-state index contributed by atoms with van der Waals surface area (Å²) in [5.41, 5.74) is 0.699. The number of ether oxygens (including phenoxy) is 1. The Kier molecular flexibility index (Phi) is 7.34. The lowest BCUT2D eigenvalue weighted by atomic mass is 10.1. The molecule has 0 saturated carbocycles. The van der Waals surface area contributed by atoms with Gasteiger partial charge in [0.25, 0.3) is 5.91 Å². The van der Waals surface area contributed by atoms with Crippen LogP contribution in [0, 0.1) is 5.82 Å². The summed E-state index contributed by atoms with van der Waals surface area (Å²) >= 11 is 0. The second kappa shape index (κ2) is 10.2. The smallest absolute Gasteiger partial charge is 0.325 e. The van der Waals surface area contributed by atoms with Gasteiger partial charge in [-0.1, -0.05) is 48.5 Å². The molecule has 0 aliphatic heterocycles. The molecule has 3 aromatic carbocycles. The van der Waals surface area contributed by atoms with Crippen LogP contribution in [0.5, 0.6) is 0 Å². The van der Waals surface area contributed by atoms with Crippen LogP contribution in [0.15, 0.2) is 89.8 Å². The fourth-order valence-electron chi connectivity index (χ4n) is 2.81. The van der Waals surface area contributed by atoms with E-state index in [1.807, 2.05) is 0 Å². The van der Waals surface area contributed by atoms with E-state index in [0.29, 0.717) is 11.3 Å². The van der Waals surface area contributed by atoms with Crippen molar-refractivity contribution in [3.8, 4) is 0 Å². The van der Waals surface area contributed by atoms with Gasteiger partial charge in [-0.05, 0) is 43.3 Å². The first-order chi connectivity index (χ1) is 15.3. The van der Waals surface area contributed by atoms with E-state index in [1.165, 1.54) is 43.3 Å². The number of sulfonamides is 1. The molecule has 2 unspecified atom stereocenters. The van der Waals surface area contributed by atoms with Crippen LogP contribution in [0.3, 0.4) is 0 Å². The summed E-state index contributed by atoms with van der Waals surface area (Å²) in [6, 6.07) is 19.7. The van der Waals surface area contributed by atoms with Crippen molar-refractivity contribution in [1.29, 1.82) is 0 Å². The second-order valence-corrected chi connectivity index (χ2v) is 8.59. The highest BCUT2D eigenvalue weighted by atomic mass is 32.2. The summed E-state index contributed by atoms with van der Waals surface area (Å²) in [4.78, 5) is 25.5. The van der Waals surface area contributed by atoms with Gasteiger partial charge in [-0.3, -0.25) is 9.59 Å². The van der Waals surface area contributed by atoms with Crippen LogP contribution in [0.2, 0.25) is 0 Å². The van der Waals surface area contributed by atoms with Gasteiger partial charge in [0.05, 0.1) is 4.90 Å². The predicted molar refractivity (Wildman–Crippen MR) is 117 cm³/mol. The van der Waals surface area contributed by atoms with E-state index in [-0.39, 0.29) is 4.90 Å². The van der Waals surface area contributed by atoms with Crippen LogP contribution in [-0.4, -0.2) is 26.3 Å². The van der Waals surface area contributed by atoms with E-state index in [1.54, 1.807) is 48.5 Å². The van der Waals surface area contributed by atoms with Crippen molar-refractivity contribution in [1.82, 2.24) is 4.72 Å². The van der Waals surface area contributed by atoms with Gasteiger partial charge >= 0.3 is 5.97 Å². The molecule has 0 fully saturated rings. The molecule has 3 rings (SSSR count). The van der Waals surface area contributed by atoms with E-state index < -0.39 is 39.9 Å². The second-order valence-electron chi connectivity index (χ2n) is 6.88. The van der Waals surface area contributed by atoms with Gasteiger partial charge in [-0.15, -0.1) is 0 Å². The van der Waals surface area contributed by atoms with Crippen molar-refractivity contribution < 1.29 is 27.1 Å². The maximum Gasteiger partial charge on any atom is 0.325 e. The van der Waals surface area contributed by atoms with E-state index in [2.05, 4.69) is 10.0 Å². The number of hydrogen-bond acceptors (Lipinski definition) is 5. The van der Waals surface area contributed by atoms with E-state index in [4.69, 9.17) is 4.74 Å². The summed E-state index contributed by atoms with van der Waals surface area (Å²) in [5.74, 6) is -2.07. The van der Waals surface area contributed by atoms with Crippen molar-refractivity contribution in [3.05, 3.63) is 96.3 Å². The molecule has 3 aromatic rings. The highest BCUT2D eigenvalue weighted by Crippen LogP contribution is 2.21. The molecule has 0 bridgehead atoms.